The Balaban J connectivity index is 1.49. The van der Waals surface area contributed by atoms with Gasteiger partial charge in [0.15, 0.2) is 0 Å². The second-order valence-corrected chi connectivity index (χ2v) is 7.73. The van der Waals surface area contributed by atoms with Gasteiger partial charge in [-0.3, -0.25) is 4.79 Å². The van der Waals surface area contributed by atoms with Crippen molar-refractivity contribution in [3.8, 4) is 0 Å². The normalized spacial score (nSPS) is 33.8. The first kappa shape index (κ1) is 12.2. The summed E-state index contributed by atoms with van der Waals surface area (Å²) in [5.41, 5.74) is 0. The van der Waals surface area contributed by atoms with Crippen LogP contribution in [0.1, 0.15) is 16.1 Å². The molecule has 1 amide bonds. The fourth-order valence-electron chi connectivity index (χ4n) is 4.57. The van der Waals surface area contributed by atoms with E-state index in [4.69, 9.17) is 0 Å². The molecule has 0 saturated carbocycles. The van der Waals surface area contributed by atoms with Crippen molar-refractivity contribution >= 4 is 27.3 Å². The van der Waals surface area contributed by atoms with Gasteiger partial charge in [0.25, 0.3) is 5.91 Å². The van der Waals surface area contributed by atoms with Crippen LogP contribution in [0.2, 0.25) is 0 Å². The molecular formula is C17H18N2OS. The van der Waals surface area contributed by atoms with Crippen LogP contribution in [0.25, 0.3) is 10.1 Å². The van der Waals surface area contributed by atoms with Crippen molar-refractivity contribution in [3.63, 3.8) is 0 Å². The molecule has 4 heteroatoms. The number of benzene rings is 1. The molecule has 1 aromatic heterocycles. The smallest absolute Gasteiger partial charge is 0.264 e. The van der Waals surface area contributed by atoms with E-state index in [0.29, 0.717) is 6.04 Å². The SMILES string of the molecule is O=C(c1cc2ccccc2s1)N1C[C@H]2CN3CC[C@H]2[C@H]1C3. The molecule has 108 valence electrons. The lowest BCUT2D eigenvalue weighted by molar-refractivity contribution is 0.0425. The van der Waals surface area contributed by atoms with Gasteiger partial charge in [-0.1, -0.05) is 18.2 Å². The lowest BCUT2D eigenvalue weighted by Gasteiger charge is -2.44. The number of hydrogen-bond acceptors (Lipinski definition) is 3. The molecule has 4 atom stereocenters. The predicted molar refractivity (Wildman–Crippen MR) is 84.7 cm³/mol. The highest BCUT2D eigenvalue weighted by Crippen LogP contribution is 2.42. The molecule has 4 aliphatic heterocycles. The zero-order chi connectivity index (χ0) is 14.0. The van der Waals surface area contributed by atoms with E-state index in [1.54, 1.807) is 11.3 Å². The number of carbonyl (C=O) groups is 1. The van der Waals surface area contributed by atoms with E-state index in [9.17, 15) is 4.79 Å². The molecular weight excluding hydrogens is 280 g/mol. The Morgan fingerprint density at radius 1 is 1.19 bits per heavy atom. The summed E-state index contributed by atoms with van der Waals surface area (Å²) in [5.74, 6) is 1.74. The molecule has 0 N–H and O–H groups in total. The number of thiophene rings is 1. The molecule has 6 rings (SSSR count). The molecule has 4 bridgehead atoms. The molecule has 1 unspecified atom stereocenters. The van der Waals surface area contributed by atoms with Gasteiger partial charge < -0.3 is 9.80 Å². The van der Waals surface area contributed by atoms with E-state index < -0.39 is 0 Å². The van der Waals surface area contributed by atoms with Crippen LogP contribution in [0.3, 0.4) is 0 Å². The summed E-state index contributed by atoms with van der Waals surface area (Å²) in [5, 5.41) is 1.19. The predicted octanol–water partition coefficient (Wildman–Crippen LogP) is 2.68. The summed E-state index contributed by atoms with van der Waals surface area (Å²) in [7, 11) is 0. The van der Waals surface area contributed by atoms with E-state index in [0.717, 1.165) is 29.8 Å². The maximum Gasteiger partial charge on any atom is 0.264 e. The van der Waals surface area contributed by atoms with E-state index in [2.05, 4.69) is 28.0 Å². The monoisotopic (exact) mass is 298 g/mol. The zero-order valence-electron chi connectivity index (χ0n) is 11.9. The van der Waals surface area contributed by atoms with Gasteiger partial charge in [0.05, 0.1) is 4.88 Å². The first-order chi connectivity index (χ1) is 10.3. The molecule has 0 aliphatic carbocycles. The Morgan fingerprint density at radius 2 is 2.10 bits per heavy atom. The van der Waals surface area contributed by atoms with Gasteiger partial charge in [-0.15, -0.1) is 11.3 Å². The lowest BCUT2D eigenvalue weighted by Crippen LogP contribution is -2.54. The molecule has 5 heterocycles. The van der Waals surface area contributed by atoms with Crippen LogP contribution in [0.4, 0.5) is 0 Å². The van der Waals surface area contributed by atoms with Gasteiger partial charge in [0.1, 0.15) is 0 Å². The number of fused-ring (bicyclic) bond motifs is 2. The van der Waals surface area contributed by atoms with Gasteiger partial charge in [0.2, 0.25) is 0 Å². The van der Waals surface area contributed by atoms with Crippen molar-refractivity contribution in [3.05, 3.63) is 35.2 Å². The van der Waals surface area contributed by atoms with E-state index >= 15 is 0 Å². The topological polar surface area (TPSA) is 23.6 Å². The van der Waals surface area contributed by atoms with Crippen LogP contribution < -0.4 is 0 Å². The van der Waals surface area contributed by atoms with Crippen LogP contribution >= 0.6 is 11.3 Å². The second-order valence-electron chi connectivity index (χ2n) is 6.65. The third kappa shape index (κ3) is 1.72. The molecule has 21 heavy (non-hydrogen) atoms. The molecule has 4 fully saturated rings. The molecule has 0 radical (unpaired) electrons. The first-order valence-corrected chi connectivity index (χ1v) is 8.63. The first-order valence-electron chi connectivity index (χ1n) is 7.81. The third-order valence-corrected chi connectivity index (χ3v) is 6.65. The minimum absolute atomic E-state index is 0.262. The highest BCUT2D eigenvalue weighted by atomic mass is 32.1. The fourth-order valence-corrected chi connectivity index (χ4v) is 5.59. The van der Waals surface area contributed by atoms with Gasteiger partial charge in [-0.05, 0) is 42.3 Å². The Labute approximate surface area is 128 Å². The number of amides is 1. The Bertz CT molecular complexity index is 691. The Kier molecular flexibility index (Phi) is 2.50. The molecule has 0 spiro atoms. The van der Waals surface area contributed by atoms with E-state index in [1.165, 1.54) is 29.6 Å². The summed E-state index contributed by atoms with van der Waals surface area (Å²) in [6.07, 6.45) is 1.28. The maximum atomic E-state index is 13.0. The van der Waals surface area contributed by atoms with Crippen molar-refractivity contribution < 1.29 is 4.79 Å². The molecule has 4 saturated heterocycles. The Hall–Kier alpha value is -1.39. The number of hydrogen-bond donors (Lipinski definition) is 0. The van der Waals surface area contributed by atoms with Crippen LogP contribution in [-0.2, 0) is 0 Å². The number of piperidine rings is 3. The van der Waals surface area contributed by atoms with Crippen molar-refractivity contribution in [1.29, 1.82) is 0 Å². The van der Waals surface area contributed by atoms with E-state index in [1.807, 2.05) is 12.1 Å². The largest absolute Gasteiger partial charge is 0.333 e. The average molecular weight is 298 g/mol. The van der Waals surface area contributed by atoms with Gasteiger partial charge >= 0.3 is 0 Å². The summed E-state index contributed by atoms with van der Waals surface area (Å²) in [4.78, 5) is 18.6. The summed E-state index contributed by atoms with van der Waals surface area (Å²) in [6, 6.07) is 10.8. The highest BCUT2D eigenvalue weighted by molar-refractivity contribution is 7.20. The van der Waals surface area contributed by atoms with Crippen LogP contribution in [-0.4, -0.2) is 47.9 Å². The quantitative estimate of drug-likeness (QED) is 0.808. The number of carbonyl (C=O) groups excluding carboxylic acids is 1. The van der Waals surface area contributed by atoms with Crippen molar-refractivity contribution in [1.82, 2.24) is 9.80 Å². The number of nitrogens with zero attached hydrogens (tertiary/aromatic N) is 2. The van der Waals surface area contributed by atoms with E-state index in [-0.39, 0.29) is 5.91 Å². The highest BCUT2D eigenvalue weighted by Gasteiger charge is 2.51. The Morgan fingerprint density at radius 3 is 2.90 bits per heavy atom. The van der Waals surface area contributed by atoms with Crippen molar-refractivity contribution in [2.75, 3.05) is 26.2 Å². The van der Waals surface area contributed by atoms with Crippen molar-refractivity contribution in [2.45, 2.75) is 12.5 Å². The van der Waals surface area contributed by atoms with Gasteiger partial charge in [-0.25, -0.2) is 0 Å². The van der Waals surface area contributed by atoms with Crippen LogP contribution in [0, 0.1) is 11.8 Å². The summed E-state index contributed by atoms with van der Waals surface area (Å²) in [6.45, 7) is 4.51. The van der Waals surface area contributed by atoms with Crippen LogP contribution in [0.15, 0.2) is 30.3 Å². The minimum Gasteiger partial charge on any atom is -0.333 e. The van der Waals surface area contributed by atoms with Gasteiger partial charge in [-0.2, -0.15) is 0 Å². The molecule has 1 aromatic carbocycles. The van der Waals surface area contributed by atoms with Gasteiger partial charge in [0, 0.05) is 30.4 Å². The molecule has 3 nitrogen and oxygen atoms in total. The maximum absolute atomic E-state index is 13.0. The van der Waals surface area contributed by atoms with Crippen LogP contribution in [0.5, 0.6) is 0 Å². The lowest BCUT2D eigenvalue weighted by atomic mass is 9.80. The fraction of sp³-hybridized carbons (Fsp3) is 0.471. The zero-order valence-corrected chi connectivity index (χ0v) is 12.7. The average Bonchev–Trinajstić information content (AvgIpc) is 3.06. The van der Waals surface area contributed by atoms with Crippen molar-refractivity contribution in [2.24, 2.45) is 11.8 Å². The number of likely N-dealkylation sites (tertiary alicyclic amines) is 1. The molecule has 2 aromatic rings. The molecule has 4 aliphatic rings. The summed E-state index contributed by atoms with van der Waals surface area (Å²) < 4.78 is 1.22. The standard InChI is InChI=1S/C17H18N2OS/c20-17(16-7-11-3-1-2-4-15(11)21-16)19-9-12-8-18-6-5-13(12)14(19)10-18/h1-4,7,12-14H,5-6,8-10H2/t12-,13-,14-/m1/s1. The minimum atomic E-state index is 0.262. The summed E-state index contributed by atoms with van der Waals surface area (Å²) >= 11 is 1.64. The number of rotatable bonds is 1. The second kappa shape index (κ2) is 4.31. The third-order valence-electron chi connectivity index (χ3n) is 5.55.